The van der Waals surface area contributed by atoms with Crippen molar-refractivity contribution < 1.29 is 23.0 Å². The minimum absolute atomic E-state index is 0.149. The topological polar surface area (TPSA) is 42.4 Å². The number of rotatable bonds is 2. The van der Waals surface area contributed by atoms with Crippen LogP contribution in [0.25, 0.3) is 0 Å². The molecule has 0 saturated carbocycles. The van der Waals surface area contributed by atoms with Crippen molar-refractivity contribution in [2.75, 3.05) is 6.61 Å². The maximum absolute atomic E-state index is 12.3. The molecule has 0 bridgehead atoms. The first-order valence-electron chi connectivity index (χ1n) is 5.52. The minimum Gasteiger partial charge on any atom is -0.495 e. The molecule has 1 N–H and O–H groups in total. The number of ether oxygens (including phenoxy) is 1. The van der Waals surface area contributed by atoms with E-state index in [2.05, 4.69) is 4.98 Å². The number of alkyl halides is 3. The Bertz CT molecular complexity index is 440. The summed E-state index contributed by atoms with van der Waals surface area (Å²) in [5, 5.41) is 9.90. The Labute approximate surface area is 102 Å². The summed E-state index contributed by atoms with van der Waals surface area (Å²) in [6, 6.07) is 2.06. The second-order valence-corrected chi connectivity index (χ2v) is 3.97. The monoisotopic (exact) mass is 259 g/mol. The van der Waals surface area contributed by atoms with Crippen LogP contribution >= 0.6 is 0 Å². The lowest BCUT2D eigenvalue weighted by Gasteiger charge is -2.19. The largest absolute Gasteiger partial charge is 0.495 e. The lowest BCUT2D eigenvalue weighted by atomic mass is 10.1. The van der Waals surface area contributed by atoms with Gasteiger partial charge in [0, 0.05) is 6.20 Å². The third-order valence-corrected chi connectivity index (χ3v) is 2.63. The van der Waals surface area contributed by atoms with Crippen LogP contribution < -0.4 is 0 Å². The molecular weight excluding hydrogens is 247 g/mol. The van der Waals surface area contributed by atoms with Crippen LogP contribution in [-0.4, -0.2) is 16.7 Å². The van der Waals surface area contributed by atoms with Crippen LogP contribution in [0.2, 0.25) is 0 Å². The summed E-state index contributed by atoms with van der Waals surface area (Å²) >= 11 is 0. The van der Waals surface area contributed by atoms with Crippen molar-refractivity contribution in [1.82, 2.24) is 4.98 Å². The van der Waals surface area contributed by atoms with Gasteiger partial charge in [-0.25, -0.2) is 0 Å². The molecule has 3 nitrogen and oxygen atoms in total. The Hall–Kier alpha value is -1.56. The Morgan fingerprint density at radius 1 is 1.33 bits per heavy atom. The number of pyridine rings is 1. The van der Waals surface area contributed by atoms with Crippen molar-refractivity contribution in [3.05, 3.63) is 41.4 Å². The van der Waals surface area contributed by atoms with E-state index in [9.17, 15) is 18.3 Å². The van der Waals surface area contributed by atoms with Gasteiger partial charge in [-0.05, 0) is 31.1 Å². The fraction of sp³-hybridized carbons (Fsp3) is 0.417. The van der Waals surface area contributed by atoms with Crippen LogP contribution in [0, 0.1) is 0 Å². The molecule has 0 aliphatic carbocycles. The lowest BCUT2D eigenvalue weighted by molar-refractivity contribution is -0.137. The molecule has 2 heterocycles. The normalized spacial score (nSPS) is 17.9. The highest BCUT2D eigenvalue weighted by Gasteiger charge is 2.31. The molecule has 0 spiro atoms. The number of nitrogens with zero attached hydrogens (tertiary/aromatic N) is 1. The van der Waals surface area contributed by atoms with E-state index in [1.165, 1.54) is 0 Å². The standard InChI is InChI=1S/C12H12F3NO2/c13-12(14,15)8-4-5-9(16-7-8)11(17)10-3-1-2-6-18-10/h3-5,7,11,17H,1-2,6H2. The van der Waals surface area contributed by atoms with Gasteiger partial charge in [-0.2, -0.15) is 13.2 Å². The van der Waals surface area contributed by atoms with E-state index < -0.39 is 17.8 Å². The van der Waals surface area contributed by atoms with Gasteiger partial charge < -0.3 is 9.84 Å². The SMILES string of the molecule is OC(C1=CCCCO1)c1ccc(C(F)(F)F)cn1. The zero-order chi connectivity index (χ0) is 13.2. The van der Waals surface area contributed by atoms with Crippen molar-refractivity contribution in [1.29, 1.82) is 0 Å². The fourth-order valence-corrected chi connectivity index (χ4v) is 1.65. The average Bonchev–Trinajstić information content (AvgIpc) is 2.38. The van der Waals surface area contributed by atoms with Crippen LogP contribution in [0.3, 0.4) is 0 Å². The van der Waals surface area contributed by atoms with Crippen molar-refractivity contribution in [3.8, 4) is 0 Å². The predicted molar refractivity (Wildman–Crippen MR) is 57.5 cm³/mol. The first-order chi connectivity index (χ1) is 8.48. The number of aliphatic hydroxyl groups excluding tert-OH is 1. The number of aromatic nitrogens is 1. The Balaban J connectivity index is 2.16. The van der Waals surface area contributed by atoms with Gasteiger partial charge in [-0.1, -0.05) is 0 Å². The molecule has 0 amide bonds. The Kier molecular flexibility index (Phi) is 3.56. The summed E-state index contributed by atoms with van der Waals surface area (Å²) in [4.78, 5) is 3.63. The van der Waals surface area contributed by atoms with Crippen LogP contribution in [0.5, 0.6) is 0 Å². The molecule has 0 saturated heterocycles. The first-order valence-corrected chi connectivity index (χ1v) is 5.52. The highest BCUT2D eigenvalue weighted by Crippen LogP contribution is 2.30. The average molecular weight is 259 g/mol. The molecular formula is C12H12F3NO2. The van der Waals surface area contributed by atoms with Crippen molar-refractivity contribution in [2.45, 2.75) is 25.1 Å². The lowest BCUT2D eigenvalue weighted by Crippen LogP contribution is -2.12. The summed E-state index contributed by atoms with van der Waals surface area (Å²) in [7, 11) is 0. The molecule has 6 heteroatoms. The highest BCUT2D eigenvalue weighted by atomic mass is 19.4. The second kappa shape index (κ2) is 4.97. The predicted octanol–water partition coefficient (Wildman–Crippen LogP) is 2.83. The van der Waals surface area contributed by atoms with Crippen molar-refractivity contribution in [2.24, 2.45) is 0 Å². The van der Waals surface area contributed by atoms with Crippen molar-refractivity contribution >= 4 is 0 Å². The van der Waals surface area contributed by atoms with E-state index in [-0.39, 0.29) is 5.69 Å². The summed E-state index contributed by atoms with van der Waals surface area (Å²) in [5.74, 6) is 0.355. The van der Waals surface area contributed by atoms with Crippen LogP contribution in [0.15, 0.2) is 30.2 Å². The van der Waals surface area contributed by atoms with Gasteiger partial charge in [0.1, 0.15) is 5.76 Å². The van der Waals surface area contributed by atoms with Gasteiger partial charge in [0.2, 0.25) is 0 Å². The molecule has 1 aliphatic rings. The summed E-state index contributed by atoms with van der Waals surface area (Å²) < 4.78 is 42.3. The molecule has 1 aromatic heterocycles. The van der Waals surface area contributed by atoms with E-state index >= 15 is 0 Å². The van der Waals surface area contributed by atoms with Gasteiger partial charge in [-0.15, -0.1) is 0 Å². The van der Waals surface area contributed by atoms with Crippen LogP contribution in [-0.2, 0) is 10.9 Å². The maximum atomic E-state index is 12.3. The number of aliphatic hydroxyl groups is 1. The number of allylic oxidation sites excluding steroid dienone is 1. The minimum atomic E-state index is -4.42. The molecule has 18 heavy (non-hydrogen) atoms. The molecule has 98 valence electrons. The molecule has 1 aromatic rings. The van der Waals surface area contributed by atoms with Crippen LogP contribution in [0.1, 0.15) is 30.2 Å². The van der Waals surface area contributed by atoms with Gasteiger partial charge in [0.05, 0.1) is 17.9 Å². The second-order valence-electron chi connectivity index (χ2n) is 3.97. The van der Waals surface area contributed by atoms with Gasteiger partial charge in [0.25, 0.3) is 0 Å². The summed E-state index contributed by atoms with van der Waals surface area (Å²) in [6.07, 6.45) is -1.43. The molecule has 1 aliphatic heterocycles. The van der Waals surface area contributed by atoms with E-state index in [1.807, 2.05) is 0 Å². The van der Waals surface area contributed by atoms with Gasteiger partial charge in [0.15, 0.2) is 6.10 Å². The van der Waals surface area contributed by atoms with E-state index in [0.717, 1.165) is 25.0 Å². The number of hydrogen-bond acceptors (Lipinski definition) is 3. The smallest absolute Gasteiger partial charge is 0.417 e. The van der Waals surface area contributed by atoms with Gasteiger partial charge in [-0.3, -0.25) is 4.98 Å². The Morgan fingerprint density at radius 3 is 2.61 bits per heavy atom. The molecule has 2 rings (SSSR count). The maximum Gasteiger partial charge on any atom is 0.417 e. The molecule has 1 unspecified atom stereocenters. The number of halogens is 3. The quantitative estimate of drug-likeness (QED) is 0.888. The highest BCUT2D eigenvalue weighted by molar-refractivity contribution is 5.22. The summed E-state index contributed by atoms with van der Waals surface area (Å²) in [6.45, 7) is 0.504. The third-order valence-electron chi connectivity index (χ3n) is 2.63. The zero-order valence-corrected chi connectivity index (χ0v) is 9.44. The van der Waals surface area contributed by atoms with E-state index in [1.54, 1.807) is 6.08 Å². The molecule has 0 radical (unpaired) electrons. The van der Waals surface area contributed by atoms with Gasteiger partial charge >= 0.3 is 6.18 Å². The van der Waals surface area contributed by atoms with E-state index in [0.29, 0.717) is 18.6 Å². The zero-order valence-electron chi connectivity index (χ0n) is 9.44. The van der Waals surface area contributed by atoms with E-state index in [4.69, 9.17) is 4.74 Å². The molecule has 0 fully saturated rings. The third kappa shape index (κ3) is 2.81. The Morgan fingerprint density at radius 2 is 2.11 bits per heavy atom. The number of hydrogen-bond donors (Lipinski definition) is 1. The van der Waals surface area contributed by atoms with Crippen LogP contribution in [0.4, 0.5) is 13.2 Å². The molecule has 1 atom stereocenters. The summed E-state index contributed by atoms with van der Waals surface area (Å²) in [5.41, 5.74) is -0.687. The molecule has 0 aromatic carbocycles. The first kappa shape index (κ1) is 12.9. The fourth-order valence-electron chi connectivity index (χ4n) is 1.65. The van der Waals surface area contributed by atoms with Crippen molar-refractivity contribution in [3.63, 3.8) is 0 Å².